The fourth-order valence-electron chi connectivity index (χ4n) is 2.16. The van der Waals surface area contributed by atoms with Crippen molar-refractivity contribution in [2.24, 2.45) is 11.7 Å². The van der Waals surface area contributed by atoms with Crippen molar-refractivity contribution in [3.05, 3.63) is 0 Å². The van der Waals surface area contributed by atoms with Gasteiger partial charge in [-0.2, -0.15) is 0 Å². The monoisotopic (exact) mass is 257 g/mol. The smallest absolute Gasteiger partial charge is 0.317 e. The molecule has 0 bridgehead atoms. The number of carbonyl (C=O) groups excluding carboxylic acids is 1. The van der Waals surface area contributed by atoms with E-state index in [0.29, 0.717) is 38.5 Å². The second-order valence-corrected chi connectivity index (χ2v) is 5.23. The van der Waals surface area contributed by atoms with Crippen LogP contribution in [0.5, 0.6) is 0 Å². The van der Waals surface area contributed by atoms with Crippen molar-refractivity contribution in [1.82, 2.24) is 9.80 Å². The zero-order valence-corrected chi connectivity index (χ0v) is 11.1. The third-order valence-corrected chi connectivity index (χ3v) is 3.09. The molecule has 1 rings (SSSR count). The maximum absolute atomic E-state index is 12.0. The van der Waals surface area contributed by atoms with Crippen LogP contribution in [0.3, 0.4) is 0 Å². The van der Waals surface area contributed by atoms with Crippen LogP contribution in [0.2, 0.25) is 0 Å². The summed E-state index contributed by atoms with van der Waals surface area (Å²) in [4.78, 5) is 26.2. The highest BCUT2D eigenvalue weighted by Gasteiger charge is 2.26. The van der Waals surface area contributed by atoms with Crippen LogP contribution in [-0.4, -0.2) is 65.5 Å². The summed E-state index contributed by atoms with van der Waals surface area (Å²) in [5.74, 6) is -0.442. The Morgan fingerprint density at radius 1 is 1.22 bits per heavy atom. The van der Waals surface area contributed by atoms with E-state index in [2.05, 4.69) is 0 Å². The van der Waals surface area contributed by atoms with Gasteiger partial charge in [0.05, 0.1) is 12.6 Å². The van der Waals surface area contributed by atoms with Crippen LogP contribution in [0, 0.1) is 5.92 Å². The number of nitrogens with two attached hydrogens (primary N) is 1. The number of carboxylic acid groups (broad SMARTS) is 1. The van der Waals surface area contributed by atoms with Gasteiger partial charge in [-0.3, -0.25) is 14.5 Å². The molecule has 6 nitrogen and oxygen atoms in total. The van der Waals surface area contributed by atoms with Gasteiger partial charge in [0.15, 0.2) is 0 Å². The van der Waals surface area contributed by atoms with Gasteiger partial charge in [0.2, 0.25) is 5.91 Å². The summed E-state index contributed by atoms with van der Waals surface area (Å²) in [7, 11) is 0. The van der Waals surface area contributed by atoms with Crippen molar-refractivity contribution in [3.8, 4) is 0 Å². The summed E-state index contributed by atoms with van der Waals surface area (Å²) < 4.78 is 0. The molecule has 0 aromatic rings. The third kappa shape index (κ3) is 4.62. The first-order valence-electron chi connectivity index (χ1n) is 6.38. The minimum atomic E-state index is -0.828. The Hall–Kier alpha value is -1.14. The predicted octanol–water partition coefficient (Wildman–Crippen LogP) is -0.411. The zero-order valence-electron chi connectivity index (χ0n) is 11.1. The number of hydrogen-bond donors (Lipinski definition) is 2. The number of hydrogen-bond acceptors (Lipinski definition) is 4. The highest BCUT2D eigenvalue weighted by atomic mass is 16.4. The van der Waals surface area contributed by atoms with E-state index < -0.39 is 12.0 Å². The number of nitrogens with zero attached hydrogens (tertiary/aromatic N) is 2. The lowest BCUT2D eigenvalue weighted by Crippen LogP contribution is -2.54. The zero-order chi connectivity index (χ0) is 13.7. The first-order chi connectivity index (χ1) is 8.40. The first kappa shape index (κ1) is 14.9. The number of amides is 1. The highest BCUT2D eigenvalue weighted by molar-refractivity contribution is 5.81. The van der Waals surface area contributed by atoms with Crippen LogP contribution in [0.4, 0.5) is 0 Å². The van der Waals surface area contributed by atoms with E-state index >= 15 is 0 Å². The molecule has 6 heteroatoms. The van der Waals surface area contributed by atoms with Crippen LogP contribution >= 0.6 is 0 Å². The molecule has 1 heterocycles. The Kier molecular flexibility index (Phi) is 5.55. The average molecular weight is 257 g/mol. The number of carbonyl (C=O) groups is 2. The van der Waals surface area contributed by atoms with E-state index in [9.17, 15) is 9.59 Å². The normalized spacial score (nSPS) is 19.0. The number of piperazine rings is 1. The predicted molar refractivity (Wildman–Crippen MR) is 68.1 cm³/mol. The fraction of sp³-hybridized carbons (Fsp3) is 0.833. The molecule has 1 atom stereocenters. The summed E-state index contributed by atoms with van der Waals surface area (Å²) in [5, 5.41) is 8.69. The highest BCUT2D eigenvalue weighted by Crippen LogP contribution is 2.08. The van der Waals surface area contributed by atoms with E-state index in [4.69, 9.17) is 10.8 Å². The second kappa shape index (κ2) is 6.70. The molecule has 0 aliphatic carbocycles. The summed E-state index contributed by atoms with van der Waals surface area (Å²) >= 11 is 0. The largest absolute Gasteiger partial charge is 0.480 e. The second-order valence-electron chi connectivity index (χ2n) is 5.23. The molecule has 1 aliphatic rings. The molecule has 0 spiro atoms. The molecule has 18 heavy (non-hydrogen) atoms. The van der Waals surface area contributed by atoms with Gasteiger partial charge in [0, 0.05) is 26.2 Å². The molecule has 0 aromatic carbocycles. The van der Waals surface area contributed by atoms with Gasteiger partial charge in [0.25, 0.3) is 0 Å². The average Bonchev–Trinajstić information content (AvgIpc) is 2.27. The maximum atomic E-state index is 12.0. The van der Waals surface area contributed by atoms with Crippen LogP contribution in [0.1, 0.15) is 20.3 Å². The van der Waals surface area contributed by atoms with Crippen molar-refractivity contribution < 1.29 is 14.7 Å². The molecular weight excluding hydrogens is 234 g/mol. The van der Waals surface area contributed by atoms with E-state index in [0.717, 1.165) is 0 Å². The van der Waals surface area contributed by atoms with Crippen molar-refractivity contribution >= 4 is 11.9 Å². The number of rotatable bonds is 5. The number of aliphatic carboxylic acids is 1. The lowest BCUT2D eigenvalue weighted by molar-refractivity contribution is -0.139. The van der Waals surface area contributed by atoms with Gasteiger partial charge in [-0.15, -0.1) is 0 Å². The Labute approximate surface area is 108 Å². The number of carboxylic acids is 1. The quantitative estimate of drug-likeness (QED) is 0.699. The van der Waals surface area contributed by atoms with Crippen molar-refractivity contribution in [1.29, 1.82) is 0 Å². The molecule has 0 aromatic heterocycles. The molecule has 0 unspecified atom stereocenters. The Balaban J connectivity index is 2.38. The minimum absolute atomic E-state index is 0.0151. The van der Waals surface area contributed by atoms with E-state index in [-0.39, 0.29) is 12.5 Å². The first-order valence-corrected chi connectivity index (χ1v) is 6.38. The topological polar surface area (TPSA) is 86.9 Å². The van der Waals surface area contributed by atoms with Gasteiger partial charge < -0.3 is 15.7 Å². The standard InChI is InChI=1S/C12H23N3O3/c1-9(2)7-10(13)12(18)15-5-3-14(4-6-15)8-11(16)17/h9-10H,3-8,13H2,1-2H3,(H,16,17)/t10-/m1/s1. The van der Waals surface area contributed by atoms with Crippen LogP contribution in [-0.2, 0) is 9.59 Å². The maximum Gasteiger partial charge on any atom is 0.317 e. The van der Waals surface area contributed by atoms with E-state index in [1.165, 1.54) is 0 Å². The van der Waals surface area contributed by atoms with Crippen LogP contribution in [0.15, 0.2) is 0 Å². The van der Waals surface area contributed by atoms with Gasteiger partial charge >= 0.3 is 5.97 Å². The fourth-order valence-corrected chi connectivity index (χ4v) is 2.16. The van der Waals surface area contributed by atoms with Gasteiger partial charge in [-0.05, 0) is 12.3 Å². The summed E-state index contributed by atoms with van der Waals surface area (Å²) in [6.45, 7) is 6.46. The van der Waals surface area contributed by atoms with Gasteiger partial charge in [-0.1, -0.05) is 13.8 Å². The molecule has 1 fully saturated rings. The van der Waals surface area contributed by atoms with Crippen molar-refractivity contribution in [2.75, 3.05) is 32.7 Å². The summed E-state index contributed by atoms with van der Waals surface area (Å²) in [6, 6.07) is -0.434. The summed E-state index contributed by atoms with van der Waals surface area (Å²) in [6.07, 6.45) is 0.689. The van der Waals surface area contributed by atoms with Gasteiger partial charge in [0.1, 0.15) is 0 Å². The summed E-state index contributed by atoms with van der Waals surface area (Å²) in [5.41, 5.74) is 5.87. The molecule has 0 saturated carbocycles. The van der Waals surface area contributed by atoms with Crippen LogP contribution < -0.4 is 5.73 Å². The van der Waals surface area contributed by atoms with Gasteiger partial charge in [-0.25, -0.2) is 0 Å². The SMILES string of the molecule is CC(C)C[C@@H](N)C(=O)N1CCN(CC(=O)O)CC1. The lowest BCUT2D eigenvalue weighted by atomic mass is 10.0. The molecule has 0 radical (unpaired) electrons. The molecule has 1 saturated heterocycles. The molecule has 3 N–H and O–H groups in total. The minimum Gasteiger partial charge on any atom is -0.480 e. The molecule has 1 aliphatic heterocycles. The van der Waals surface area contributed by atoms with Crippen molar-refractivity contribution in [2.45, 2.75) is 26.3 Å². The Morgan fingerprint density at radius 2 is 1.78 bits per heavy atom. The molecule has 104 valence electrons. The lowest BCUT2D eigenvalue weighted by Gasteiger charge is -2.35. The van der Waals surface area contributed by atoms with Crippen molar-refractivity contribution in [3.63, 3.8) is 0 Å². The Morgan fingerprint density at radius 3 is 2.22 bits per heavy atom. The Bertz CT molecular complexity index is 299. The van der Waals surface area contributed by atoms with E-state index in [1.54, 1.807) is 4.90 Å². The van der Waals surface area contributed by atoms with E-state index in [1.807, 2.05) is 18.7 Å². The molecule has 1 amide bonds. The molecular formula is C12H23N3O3. The third-order valence-electron chi connectivity index (χ3n) is 3.09. The van der Waals surface area contributed by atoms with Crippen LogP contribution in [0.25, 0.3) is 0 Å².